The first-order chi connectivity index (χ1) is 8.63. The lowest BCUT2D eigenvalue weighted by Crippen LogP contribution is -2.16. The number of rotatable bonds is 7. The number of ether oxygens (including phenoxy) is 2. The van der Waals surface area contributed by atoms with Crippen LogP contribution in [0.5, 0.6) is 5.75 Å². The standard InChI is InChI=1S/C14H18O4/c1-4-6-10-7-8-11(12(9-10)17-3)13(14(15)16)18-5-2/h4,7-9,13H,1,5-6H2,2-3H3,(H,15,16). The van der Waals surface area contributed by atoms with Gasteiger partial charge in [0.05, 0.1) is 7.11 Å². The molecule has 1 rings (SSSR count). The summed E-state index contributed by atoms with van der Waals surface area (Å²) in [5, 5.41) is 9.15. The number of methoxy groups -OCH3 is 1. The highest BCUT2D eigenvalue weighted by Crippen LogP contribution is 2.29. The molecule has 0 aliphatic heterocycles. The Morgan fingerprint density at radius 1 is 1.56 bits per heavy atom. The van der Waals surface area contributed by atoms with Crippen LogP contribution in [0, 0.1) is 0 Å². The number of aliphatic carboxylic acids is 1. The number of carboxylic acid groups (broad SMARTS) is 1. The Hall–Kier alpha value is -1.81. The molecular weight excluding hydrogens is 232 g/mol. The van der Waals surface area contributed by atoms with E-state index in [2.05, 4.69) is 6.58 Å². The lowest BCUT2D eigenvalue weighted by atomic mass is 10.0. The summed E-state index contributed by atoms with van der Waals surface area (Å²) in [6.45, 7) is 5.75. The Balaban J connectivity index is 3.13. The van der Waals surface area contributed by atoms with Crippen LogP contribution >= 0.6 is 0 Å². The normalized spacial score (nSPS) is 11.9. The number of hydrogen-bond donors (Lipinski definition) is 1. The van der Waals surface area contributed by atoms with Crippen molar-refractivity contribution in [3.8, 4) is 5.75 Å². The maximum atomic E-state index is 11.2. The predicted molar refractivity (Wildman–Crippen MR) is 68.9 cm³/mol. The van der Waals surface area contributed by atoms with Gasteiger partial charge in [0, 0.05) is 12.2 Å². The summed E-state index contributed by atoms with van der Waals surface area (Å²) >= 11 is 0. The SMILES string of the molecule is C=CCc1ccc(C(OCC)C(=O)O)c(OC)c1. The molecule has 1 atom stereocenters. The maximum Gasteiger partial charge on any atom is 0.337 e. The van der Waals surface area contributed by atoms with Gasteiger partial charge in [-0.15, -0.1) is 6.58 Å². The molecule has 1 unspecified atom stereocenters. The van der Waals surface area contributed by atoms with E-state index >= 15 is 0 Å². The minimum absolute atomic E-state index is 0.328. The van der Waals surface area contributed by atoms with Crippen molar-refractivity contribution in [3.05, 3.63) is 42.0 Å². The summed E-state index contributed by atoms with van der Waals surface area (Å²) in [5.74, 6) is -0.498. The zero-order valence-corrected chi connectivity index (χ0v) is 10.7. The summed E-state index contributed by atoms with van der Waals surface area (Å²) in [5.41, 5.74) is 1.55. The Morgan fingerprint density at radius 3 is 2.78 bits per heavy atom. The average molecular weight is 250 g/mol. The number of allylic oxidation sites excluding steroid dienone is 1. The van der Waals surface area contributed by atoms with Crippen molar-refractivity contribution in [2.45, 2.75) is 19.4 Å². The minimum Gasteiger partial charge on any atom is -0.496 e. The monoisotopic (exact) mass is 250 g/mol. The smallest absolute Gasteiger partial charge is 0.337 e. The molecule has 4 nitrogen and oxygen atoms in total. The number of hydrogen-bond acceptors (Lipinski definition) is 3. The van der Waals surface area contributed by atoms with Crippen molar-refractivity contribution < 1.29 is 19.4 Å². The highest BCUT2D eigenvalue weighted by Gasteiger charge is 2.23. The molecule has 1 N–H and O–H groups in total. The highest BCUT2D eigenvalue weighted by molar-refractivity contribution is 5.75. The third kappa shape index (κ3) is 3.34. The number of benzene rings is 1. The molecular formula is C14H18O4. The van der Waals surface area contributed by atoms with Gasteiger partial charge in [0.25, 0.3) is 0 Å². The van der Waals surface area contributed by atoms with E-state index in [-0.39, 0.29) is 0 Å². The molecule has 1 aromatic carbocycles. The Kier molecular flexibility index (Phi) is 5.39. The molecule has 0 aliphatic carbocycles. The fraction of sp³-hybridized carbons (Fsp3) is 0.357. The lowest BCUT2D eigenvalue weighted by Gasteiger charge is -2.16. The van der Waals surface area contributed by atoms with E-state index in [1.165, 1.54) is 7.11 Å². The number of carboxylic acids is 1. The summed E-state index contributed by atoms with van der Waals surface area (Å²) in [6, 6.07) is 5.40. The third-order valence-corrected chi connectivity index (χ3v) is 2.52. The Bertz CT molecular complexity index is 426. The molecule has 4 heteroatoms. The fourth-order valence-corrected chi connectivity index (χ4v) is 1.73. The second-order valence-electron chi connectivity index (χ2n) is 3.74. The predicted octanol–water partition coefficient (Wildman–Crippen LogP) is 2.59. The first-order valence-electron chi connectivity index (χ1n) is 5.76. The number of carbonyl (C=O) groups is 1. The van der Waals surface area contributed by atoms with Crippen molar-refractivity contribution in [1.29, 1.82) is 0 Å². The van der Waals surface area contributed by atoms with Gasteiger partial charge < -0.3 is 14.6 Å². The van der Waals surface area contributed by atoms with Crippen LogP contribution in [0.25, 0.3) is 0 Å². The second kappa shape index (κ2) is 6.81. The molecule has 0 radical (unpaired) electrons. The molecule has 0 spiro atoms. The van der Waals surface area contributed by atoms with Crippen LogP contribution in [0.4, 0.5) is 0 Å². The van der Waals surface area contributed by atoms with Gasteiger partial charge in [0.15, 0.2) is 6.10 Å². The van der Waals surface area contributed by atoms with E-state index < -0.39 is 12.1 Å². The average Bonchev–Trinajstić information content (AvgIpc) is 2.36. The van der Waals surface area contributed by atoms with E-state index in [0.29, 0.717) is 24.3 Å². The summed E-state index contributed by atoms with van der Waals surface area (Å²) in [4.78, 5) is 11.2. The largest absolute Gasteiger partial charge is 0.496 e. The van der Waals surface area contributed by atoms with Crippen LogP contribution < -0.4 is 4.74 Å². The van der Waals surface area contributed by atoms with Crippen molar-refractivity contribution in [2.75, 3.05) is 13.7 Å². The molecule has 0 aromatic heterocycles. The van der Waals surface area contributed by atoms with E-state index in [4.69, 9.17) is 14.6 Å². The van der Waals surface area contributed by atoms with E-state index in [9.17, 15) is 4.79 Å². The Morgan fingerprint density at radius 2 is 2.28 bits per heavy atom. The van der Waals surface area contributed by atoms with Gasteiger partial charge in [0.1, 0.15) is 5.75 Å². The third-order valence-electron chi connectivity index (χ3n) is 2.52. The molecule has 0 bridgehead atoms. The highest BCUT2D eigenvalue weighted by atomic mass is 16.5. The summed E-state index contributed by atoms with van der Waals surface area (Å²) in [7, 11) is 1.52. The van der Waals surface area contributed by atoms with Gasteiger partial charge in [0.2, 0.25) is 0 Å². The van der Waals surface area contributed by atoms with Crippen molar-refractivity contribution >= 4 is 5.97 Å². The molecule has 98 valence electrons. The van der Waals surface area contributed by atoms with Crippen LogP contribution in [0.1, 0.15) is 24.2 Å². The molecule has 0 heterocycles. The molecule has 0 saturated carbocycles. The van der Waals surface area contributed by atoms with Gasteiger partial charge in [-0.3, -0.25) is 0 Å². The fourth-order valence-electron chi connectivity index (χ4n) is 1.73. The Labute approximate surface area is 107 Å². The molecule has 1 aromatic rings. The van der Waals surface area contributed by atoms with E-state index in [1.54, 1.807) is 19.1 Å². The lowest BCUT2D eigenvalue weighted by molar-refractivity contribution is -0.150. The first kappa shape index (κ1) is 14.3. The molecule has 18 heavy (non-hydrogen) atoms. The topological polar surface area (TPSA) is 55.8 Å². The van der Waals surface area contributed by atoms with Crippen LogP contribution in [0.2, 0.25) is 0 Å². The quantitative estimate of drug-likeness (QED) is 0.756. The first-order valence-corrected chi connectivity index (χ1v) is 5.76. The molecule has 0 saturated heterocycles. The second-order valence-corrected chi connectivity index (χ2v) is 3.74. The van der Waals surface area contributed by atoms with Crippen molar-refractivity contribution in [1.82, 2.24) is 0 Å². The maximum absolute atomic E-state index is 11.2. The van der Waals surface area contributed by atoms with Crippen LogP contribution in [-0.2, 0) is 16.0 Å². The summed E-state index contributed by atoms with van der Waals surface area (Å²) in [6.07, 6.45) is 1.50. The molecule has 0 aliphatic rings. The van der Waals surface area contributed by atoms with Gasteiger partial charge in [-0.2, -0.15) is 0 Å². The minimum atomic E-state index is -1.02. The van der Waals surface area contributed by atoms with Gasteiger partial charge in [-0.25, -0.2) is 4.79 Å². The van der Waals surface area contributed by atoms with Gasteiger partial charge in [-0.05, 0) is 25.0 Å². The van der Waals surface area contributed by atoms with Crippen LogP contribution in [-0.4, -0.2) is 24.8 Å². The summed E-state index contributed by atoms with van der Waals surface area (Å²) < 4.78 is 10.5. The van der Waals surface area contributed by atoms with Gasteiger partial charge in [-0.1, -0.05) is 18.2 Å². The zero-order chi connectivity index (χ0) is 13.5. The van der Waals surface area contributed by atoms with Crippen LogP contribution in [0.3, 0.4) is 0 Å². The van der Waals surface area contributed by atoms with E-state index in [1.807, 2.05) is 12.1 Å². The van der Waals surface area contributed by atoms with Gasteiger partial charge >= 0.3 is 5.97 Å². The van der Waals surface area contributed by atoms with Crippen molar-refractivity contribution in [2.24, 2.45) is 0 Å². The molecule has 0 fully saturated rings. The molecule has 0 amide bonds. The van der Waals surface area contributed by atoms with E-state index in [0.717, 1.165) is 5.56 Å². The van der Waals surface area contributed by atoms with Crippen LogP contribution in [0.15, 0.2) is 30.9 Å². The zero-order valence-electron chi connectivity index (χ0n) is 10.7. The van der Waals surface area contributed by atoms with Crippen molar-refractivity contribution in [3.63, 3.8) is 0 Å².